The second-order valence-electron chi connectivity index (χ2n) is 6.79. The van der Waals surface area contributed by atoms with Gasteiger partial charge in [0.05, 0.1) is 5.92 Å². The van der Waals surface area contributed by atoms with Crippen LogP contribution in [0.25, 0.3) is 0 Å². The molecule has 0 aliphatic heterocycles. The maximum atomic E-state index is 12.7. The SMILES string of the molecule is CC(C)(C)C(=O)[C@@H]1CCCC(=O)[C@H]1C(=O)c1ccccc1. The number of benzene rings is 1. The molecular weight excluding hydrogens is 264 g/mol. The molecule has 0 amide bonds. The second kappa shape index (κ2) is 5.92. The number of carbonyl (C=O) groups is 3. The molecule has 0 unspecified atom stereocenters. The van der Waals surface area contributed by atoms with Crippen LogP contribution in [0.15, 0.2) is 30.3 Å². The summed E-state index contributed by atoms with van der Waals surface area (Å²) >= 11 is 0. The van der Waals surface area contributed by atoms with E-state index in [9.17, 15) is 14.4 Å². The van der Waals surface area contributed by atoms with Crippen molar-refractivity contribution in [3.05, 3.63) is 35.9 Å². The predicted octanol–water partition coefficient (Wildman–Crippen LogP) is 3.47. The number of hydrogen-bond acceptors (Lipinski definition) is 3. The fourth-order valence-corrected chi connectivity index (χ4v) is 2.99. The van der Waals surface area contributed by atoms with Gasteiger partial charge in [0.15, 0.2) is 5.78 Å². The van der Waals surface area contributed by atoms with E-state index in [1.54, 1.807) is 24.3 Å². The third kappa shape index (κ3) is 3.29. The van der Waals surface area contributed by atoms with Gasteiger partial charge in [-0.05, 0) is 12.8 Å². The summed E-state index contributed by atoms with van der Waals surface area (Å²) in [5, 5.41) is 0. The predicted molar refractivity (Wildman–Crippen MR) is 81.1 cm³/mol. The summed E-state index contributed by atoms with van der Waals surface area (Å²) in [6, 6.07) is 8.81. The first-order valence-electron chi connectivity index (χ1n) is 7.48. The first-order chi connectivity index (χ1) is 9.82. The number of Topliss-reactive ketones (excluding diaryl/α,β-unsaturated/α-hetero) is 3. The highest BCUT2D eigenvalue weighted by molar-refractivity contribution is 6.14. The van der Waals surface area contributed by atoms with Gasteiger partial charge in [0.2, 0.25) is 0 Å². The van der Waals surface area contributed by atoms with Crippen LogP contribution in [0.2, 0.25) is 0 Å². The van der Waals surface area contributed by atoms with Gasteiger partial charge in [0, 0.05) is 23.3 Å². The highest BCUT2D eigenvalue weighted by Crippen LogP contribution is 2.35. The minimum absolute atomic E-state index is 0.0184. The van der Waals surface area contributed by atoms with Gasteiger partial charge in [-0.25, -0.2) is 0 Å². The molecule has 1 fully saturated rings. The molecule has 0 aromatic heterocycles. The Bertz CT molecular complexity index is 552. The van der Waals surface area contributed by atoms with Gasteiger partial charge in [-0.2, -0.15) is 0 Å². The molecule has 0 N–H and O–H groups in total. The van der Waals surface area contributed by atoms with Gasteiger partial charge in [-0.1, -0.05) is 51.1 Å². The zero-order valence-corrected chi connectivity index (χ0v) is 12.9. The number of ketones is 3. The summed E-state index contributed by atoms with van der Waals surface area (Å²) in [5.41, 5.74) is -0.0122. The van der Waals surface area contributed by atoms with E-state index in [1.165, 1.54) is 0 Å². The van der Waals surface area contributed by atoms with Crippen LogP contribution in [0.1, 0.15) is 50.4 Å². The van der Waals surface area contributed by atoms with E-state index in [0.29, 0.717) is 24.8 Å². The van der Waals surface area contributed by atoms with E-state index >= 15 is 0 Å². The van der Waals surface area contributed by atoms with Gasteiger partial charge in [0.1, 0.15) is 11.6 Å². The van der Waals surface area contributed by atoms with Crippen molar-refractivity contribution in [1.29, 1.82) is 0 Å². The van der Waals surface area contributed by atoms with Crippen LogP contribution >= 0.6 is 0 Å². The third-order valence-electron chi connectivity index (χ3n) is 4.10. The minimum Gasteiger partial charge on any atom is -0.299 e. The lowest BCUT2D eigenvalue weighted by molar-refractivity contribution is -0.138. The van der Waals surface area contributed by atoms with E-state index in [1.807, 2.05) is 26.8 Å². The zero-order valence-electron chi connectivity index (χ0n) is 12.9. The molecule has 1 aromatic carbocycles. The lowest BCUT2D eigenvalue weighted by Crippen LogP contribution is -2.43. The Hall–Kier alpha value is -1.77. The number of hydrogen-bond donors (Lipinski definition) is 0. The number of rotatable bonds is 3. The van der Waals surface area contributed by atoms with Crippen molar-refractivity contribution >= 4 is 17.3 Å². The average Bonchev–Trinajstić information content (AvgIpc) is 2.45. The van der Waals surface area contributed by atoms with Crippen LogP contribution in [0, 0.1) is 17.3 Å². The third-order valence-corrected chi connectivity index (χ3v) is 4.10. The normalized spacial score (nSPS) is 22.9. The molecule has 1 aliphatic carbocycles. The van der Waals surface area contributed by atoms with Crippen molar-refractivity contribution in [3.8, 4) is 0 Å². The monoisotopic (exact) mass is 286 g/mol. The summed E-state index contributed by atoms with van der Waals surface area (Å²) in [6.07, 6.45) is 1.73. The molecule has 112 valence electrons. The molecule has 2 rings (SSSR count). The Morgan fingerprint density at radius 3 is 2.29 bits per heavy atom. The molecule has 0 radical (unpaired) electrons. The van der Waals surface area contributed by atoms with Gasteiger partial charge in [0.25, 0.3) is 0 Å². The van der Waals surface area contributed by atoms with Crippen LogP contribution in [-0.2, 0) is 9.59 Å². The summed E-state index contributed by atoms with van der Waals surface area (Å²) in [4.78, 5) is 37.6. The van der Waals surface area contributed by atoms with Crippen molar-refractivity contribution in [2.45, 2.75) is 40.0 Å². The van der Waals surface area contributed by atoms with Crippen LogP contribution in [0.5, 0.6) is 0 Å². The fraction of sp³-hybridized carbons (Fsp3) is 0.500. The first kappa shape index (κ1) is 15.6. The maximum absolute atomic E-state index is 12.7. The molecule has 0 spiro atoms. The van der Waals surface area contributed by atoms with Crippen LogP contribution in [0.3, 0.4) is 0 Å². The summed E-state index contributed by atoms with van der Waals surface area (Å²) in [5.74, 6) is -1.54. The van der Waals surface area contributed by atoms with Crippen LogP contribution in [0.4, 0.5) is 0 Å². The first-order valence-corrected chi connectivity index (χ1v) is 7.48. The smallest absolute Gasteiger partial charge is 0.174 e. The molecule has 3 heteroatoms. The van der Waals surface area contributed by atoms with Gasteiger partial charge in [-0.15, -0.1) is 0 Å². The molecule has 1 saturated carbocycles. The topological polar surface area (TPSA) is 51.2 Å². The van der Waals surface area contributed by atoms with Gasteiger partial charge < -0.3 is 0 Å². The highest BCUT2D eigenvalue weighted by atomic mass is 16.2. The van der Waals surface area contributed by atoms with Crippen LogP contribution < -0.4 is 0 Å². The van der Waals surface area contributed by atoms with Gasteiger partial charge >= 0.3 is 0 Å². The van der Waals surface area contributed by atoms with Crippen molar-refractivity contribution in [1.82, 2.24) is 0 Å². The van der Waals surface area contributed by atoms with Crippen molar-refractivity contribution in [2.24, 2.45) is 17.3 Å². The molecule has 2 atom stereocenters. The maximum Gasteiger partial charge on any atom is 0.174 e. The molecule has 0 bridgehead atoms. The van der Waals surface area contributed by atoms with E-state index in [4.69, 9.17) is 0 Å². The van der Waals surface area contributed by atoms with Crippen molar-refractivity contribution in [2.75, 3.05) is 0 Å². The average molecular weight is 286 g/mol. The summed E-state index contributed by atoms with van der Waals surface area (Å²) in [7, 11) is 0. The Labute approximate surface area is 125 Å². The van der Waals surface area contributed by atoms with Gasteiger partial charge in [-0.3, -0.25) is 14.4 Å². The van der Waals surface area contributed by atoms with Crippen molar-refractivity contribution in [3.63, 3.8) is 0 Å². The Kier molecular flexibility index (Phi) is 4.40. The van der Waals surface area contributed by atoms with E-state index < -0.39 is 17.3 Å². The molecule has 0 saturated heterocycles. The molecule has 3 nitrogen and oxygen atoms in total. The number of carbonyl (C=O) groups excluding carboxylic acids is 3. The molecule has 0 heterocycles. The molecule has 1 aromatic rings. The van der Waals surface area contributed by atoms with E-state index in [-0.39, 0.29) is 17.3 Å². The Morgan fingerprint density at radius 1 is 1.10 bits per heavy atom. The zero-order chi connectivity index (χ0) is 15.6. The largest absolute Gasteiger partial charge is 0.299 e. The Balaban J connectivity index is 2.34. The lowest BCUT2D eigenvalue weighted by atomic mass is 9.68. The fourth-order valence-electron chi connectivity index (χ4n) is 2.99. The standard InChI is InChI=1S/C18H22O3/c1-18(2,3)17(21)13-10-7-11-14(19)15(13)16(20)12-8-5-4-6-9-12/h4-6,8-9,13,15H,7,10-11H2,1-3H3/t13-,15+/m1/s1. The second-order valence-corrected chi connectivity index (χ2v) is 6.79. The highest BCUT2D eigenvalue weighted by Gasteiger charge is 2.44. The van der Waals surface area contributed by atoms with Crippen LogP contribution in [-0.4, -0.2) is 17.3 Å². The van der Waals surface area contributed by atoms with Crippen molar-refractivity contribution < 1.29 is 14.4 Å². The molecule has 1 aliphatic rings. The quantitative estimate of drug-likeness (QED) is 0.631. The summed E-state index contributed by atoms with van der Waals surface area (Å²) in [6.45, 7) is 5.54. The summed E-state index contributed by atoms with van der Waals surface area (Å²) < 4.78 is 0. The van der Waals surface area contributed by atoms with E-state index in [2.05, 4.69) is 0 Å². The molecule has 21 heavy (non-hydrogen) atoms. The minimum atomic E-state index is -0.798. The lowest BCUT2D eigenvalue weighted by Gasteiger charge is -2.32. The Morgan fingerprint density at radius 2 is 1.71 bits per heavy atom. The molecular formula is C18H22O3. The van der Waals surface area contributed by atoms with E-state index in [0.717, 1.165) is 0 Å².